The van der Waals surface area contributed by atoms with Gasteiger partial charge in [-0.2, -0.15) is 0 Å². The van der Waals surface area contributed by atoms with Gasteiger partial charge in [-0.05, 0) is 85.3 Å². The average Bonchev–Trinajstić information content (AvgIpc) is 3.37. The Labute approximate surface area is 276 Å². The van der Waals surface area contributed by atoms with Crippen LogP contribution in [0.15, 0.2) is 82.9 Å². The van der Waals surface area contributed by atoms with E-state index in [4.69, 9.17) is 23.2 Å². The maximum absolute atomic E-state index is 14.4. The van der Waals surface area contributed by atoms with Crippen molar-refractivity contribution in [2.75, 3.05) is 9.80 Å². The van der Waals surface area contributed by atoms with Crippen LogP contribution < -0.4 is 9.80 Å². The molecule has 0 bridgehead atoms. The topological polar surface area (TPSA) is 95.0 Å². The standard InChI is InChI=1S/C34H26BrCl2FN2O5/c1-2-17-3-8-20(9-4-17)39-29(42)23-13-12-22-25(27(23)30(39)43)16-33(36)31(44)40(21-10-6-19(38)7-11-21)32(45)34(33,37)28(22)24-15-18(35)5-14-26(24)41/h3-12,14-15,23,25,27-28,41H,2,13,16H2,1H3. The number of carbonyl (C=O) groups is 4. The molecule has 4 aliphatic rings. The van der Waals surface area contributed by atoms with E-state index in [9.17, 15) is 28.7 Å². The number of benzene rings is 3. The van der Waals surface area contributed by atoms with Gasteiger partial charge in [-0.25, -0.2) is 9.29 Å². The van der Waals surface area contributed by atoms with Gasteiger partial charge in [0, 0.05) is 16.0 Å². The van der Waals surface area contributed by atoms with Crippen LogP contribution in [0.5, 0.6) is 5.75 Å². The summed E-state index contributed by atoms with van der Waals surface area (Å²) in [4.78, 5) is 54.5. The fraction of sp³-hybridized carbons (Fsp3) is 0.294. The van der Waals surface area contributed by atoms with Crippen LogP contribution in [-0.4, -0.2) is 38.5 Å². The Morgan fingerprint density at radius 3 is 2.20 bits per heavy atom. The lowest BCUT2D eigenvalue weighted by Crippen LogP contribution is -2.60. The van der Waals surface area contributed by atoms with Gasteiger partial charge >= 0.3 is 0 Å². The largest absolute Gasteiger partial charge is 0.508 e. The number of fused-ring (bicyclic) bond motifs is 4. The van der Waals surface area contributed by atoms with Crippen molar-refractivity contribution < 1.29 is 28.7 Å². The highest BCUT2D eigenvalue weighted by atomic mass is 79.9. The summed E-state index contributed by atoms with van der Waals surface area (Å²) in [6.45, 7) is 2.01. The molecule has 1 N–H and O–H groups in total. The maximum Gasteiger partial charge on any atom is 0.258 e. The number of phenols is 1. The minimum absolute atomic E-state index is 0.0849. The molecular formula is C34H26BrCl2FN2O5. The lowest BCUT2D eigenvalue weighted by molar-refractivity contribution is -0.125. The molecule has 7 rings (SSSR count). The molecule has 230 valence electrons. The first-order valence-electron chi connectivity index (χ1n) is 14.6. The van der Waals surface area contributed by atoms with E-state index in [0.29, 0.717) is 15.7 Å². The van der Waals surface area contributed by atoms with Crippen LogP contribution in [0, 0.1) is 23.6 Å². The monoisotopic (exact) mass is 710 g/mol. The number of aromatic hydroxyl groups is 1. The third kappa shape index (κ3) is 4.13. The third-order valence-corrected chi connectivity index (χ3v) is 11.7. The summed E-state index contributed by atoms with van der Waals surface area (Å²) in [5.41, 5.74) is 2.40. The Morgan fingerprint density at radius 1 is 0.889 bits per heavy atom. The van der Waals surface area contributed by atoms with E-state index in [1.807, 2.05) is 25.1 Å². The molecule has 11 heteroatoms. The Balaban J connectivity index is 1.39. The predicted octanol–water partition coefficient (Wildman–Crippen LogP) is 6.62. The minimum Gasteiger partial charge on any atom is -0.508 e. The van der Waals surface area contributed by atoms with Gasteiger partial charge in [0.2, 0.25) is 11.8 Å². The number of alkyl halides is 2. The first kappa shape index (κ1) is 30.1. The molecule has 3 aromatic carbocycles. The molecule has 4 amide bonds. The van der Waals surface area contributed by atoms with Crippen LogP contribution in [0.3, 0.4) is 0 Å². The average molecular weight is 712 g/mol. The van der Waals surface area contributed by atoms with Gasteiger partial charge in [-0.1, -0.05) is 46.6 Å². The van der Waals surface area contributed by atoms with E-state index in [1.165, 1.54) is 23.1 Å². The van der Waals surface area contributed by atoms with Crippen LogP contribution >= 0.6 is 39.1 Å². The van der Waals surface area contributed by atoms with Crippen molar-refractivity contribution >= 4 is 74.1 Å². The van der Waals surface area contributed by atoms with E-state index in [2.05, 4.69) is 15.9 Å². The summed E-state index contributed by atoms with van der Waals surface area (Å²) in [6, 6.07) is 16.7. The highest BCUT2D eigenvalue weighted by Gasteiger charge is 2.77. The zero-order valence-corrected chi connectivity index (χ0v) is 26.9. The third-order valence-electron chi connectivity index (χ3n) is 9.80. The van der Waals surface area contributed by atoms with Crippen molar-refractivity contribution in [2.24, 2.45) is 17.8 Å². The Bertz CT molecular complexity index is 1830. The van der Waals surface area contributed by atoms with Gasteiger partial charge in [-0.15, -0.1) is 23.2 Å². The molecule has 6 atom stereocenters. The maximum atomic E-state index is 14.4. The molecular weight excluding hydrogens is 686 g/mol. The number of halogens is 4. The lowest BCUT2D eigenvalue weighted by Gasteiger charge is -2.50. The second-order valence-electron chi connectivity index (χ2n) is 12.0. The number of phenolic OH excluding ortho intramolecular Hbond substituents is 1. The molecule has 2 aliphatic heterocycles. The zero-order chi connectivity index (χ0) is 32.0. The Morgan fingerprint density at radius 2 is 1.53 bits per heavy atom. The predicted molar refractivity (Wildman–Crippen MR) is 171 cm³/mol. The van der Waals surface area contributed by atoms with Gasteiger partial charge in [0.05, 0.1) is 23.2 Å². The molecule has 0 radical (unpaired) electrons. The van der Waals surface area contributed by atoms with Gasteiger partial charge < -0.3 is 5.11 Å². The van der Waals surface area contributed by atoms with Gasteiger partial charge in [0.15, 0.2) is 9.75 Å². The molecule has 0 spiro atoms. The molecule has 0 aromatic heterocycles. The van der Waals surface area contributed by atoms with E-state index in [-0.39, 0.29) is 35.7 Å². The van der Waals surface area contributed by atoms with Crippen LogP contribution in [0.25, 0.3) is 0 Å². The molecule has 3 aromatic rings. The van der Waals surface area contributed by atoms with Gasteiger partial charge in [0.25, 0.3) is 11.8 Å². The van der Waals surface area contributed by atoms with E-state index in [0.717, 1.165) is 29.0 Å². The van der Waals surface area contributed by atoms with Crippen molar-refractivity contribution in [3.8, 4) is 5.75 Å². The summed E-state index contributed by atoms with van der Waals surface area (Å²) in [5, 5.41) is 11.1. The fourth-order valence-electron chi connectivity index (χ4n) is 7.64. The summed E-state index contributed by atoms with van der Waals surface area (Å²) in [5.74, 6) is -6.64. The number of rotatable bonds is 4. The molecule has 45 heavy (non-hydrogen) atoms. The van der Waals surface area contributed by atoms with Crippen molar-refractivity contribution in [2.45, 2.75) is 41.9 Å². The smallest absolute Gasteiger partial charge is 0.258 e. The molecule has 2 aliphatic carbocycles. The minimum atomic E-state index is -2.13. The second-order valence-corrected chi connectivity index (χ2v) is 14.1. The van der Waals surface area contributed by atoms with E-state index in [1.54, 1.807) is 24.3 Å². The Hall–Kier alpha value is -3.53. The number of amides is 4. The first-order chi connectivity index (χ1) is 21.4. The number of allylic oxidation sites excluding steroid dienone is 2. The fourth-order valence-corrected chi connectivity index (χ4v) is 8.94. The molecule has 1 saturated carbocycles. The quantitative estimate of drug-likeness (QED) is 0.187. The molecule has 2 heterocycles. The highest BCUT2D eigenvalue weighted by Crippen LogP contribution is 2.66. The lowest BCUT2D eigenvalue weighted by atomic mass is 9.56. The van der Waals surface area contributed by atoms with Crippen LogP contribution in [0.1, 0.15) is 36.8 Å². The van der Waals surface area contributed by atoms with Crippen LogP contribution in [0.2, 0.25) is 0 Å². The van der Waals surface area contributed by atoms with Crippen molar-refractivity contribution in [3.63, 3.8) is 0 Å². The normalized spacial score (nSPS) is 30.7. The van der Waals surface area contributed by atoms with E-state index < -0.39 is 57.0 Å². The van der Waals surface area contributed by atoms with Crippen LogP contribution in [0.4, 0.5) is 15.8 Å². The zero-order valence-electron chi connectivity index (χ0n) is 23.8. The molecule has 3 fully saturated rings. The van der Waals surface area contributed by atoms with Crippen molar-refractivity contribution in [1.29, 1.82) is 0 Å². The summed E-state index contributed by atoms with van der Waals surface area (Å²) >= 11 is 18.1. The number of hydrogen-bond acceptors (Lipinski definition) is 5. The molecule has 7 nitrogen and oxygen atoms in total. The number of hydrogen-bond donors (Lipinski definition) is 1. The number of imide groups is 2. The first-order valence-corrected chi connectivity index (χ1v) is 16.1. The molecule has 6 unspecified atom stereocenters. The second kappa shape index (κ2) is 10.5. The summed E-state index contributed by atoms with van der Waals surface area (Å²) in [7, 11) is 0. The van der Waals surface area contributed by atoms with Gasteiger partial charge in [-0.3, -0.25) is 24.1 Å². The van der Waals surface area contributed by atoms with Crippen molar-refractivity contribution in [3.05, 3.63) is 99.8 Å². The number of nitrogens with zero attached hydrogens (tertiary/aromatic N) is 2. The van der Waals surface area contributed by atoms with Crippen molar-refractivity contribution in [1.82, 2.24) is 0 Å². The number of carbonyl (C=O) groups excluding carboxylic acids is 4. The summed E-state index contributed by atoms with van der Waals surface area (Å²) < 4.78 is 14.4. The molecule has 2 saturated heterocycles. The SMILES string of the molecule is CCc1ccc(N2C(=O)C3CC=C4C(CC5(Cl)C(=O)N(c6ccc(F)cc6)C(=O)C5(Cl)C4c4cc(Br)ccc4O)C3C2=O)cc1. The summed E-state index contributed by atoms with van der Waals surface area (Å²) in [6.07, 6.45) is 2.60. The van der Waals surface area contributed by atoms with Crippen LogP contribution in [-0.2, 0) is 25.6 Å². The Kier molecular flexibility index (Phi) is 7.04. The highest BCUT2D eigenvalue weighted by molar-refractivity contribution is 9.10. The number of anilines is 2. The van der Waals surface area contributed by atoms with E-state index >= 15 is 0 Å². The van der Waals surface area contributed by atoms with Gasteiger partial charge in [0.1, 0.15) is 11.6 Å². The number of aryl methyl sites for hydroxylation is 1.